The molecule has 0 saturated heterocycles. The van der Waals surface area contributed by atoms with E-state index in [9.17, 15) is 9.59 Å². The minimum absolute atomic E-state index is 0.382. The Morgan fingerprint density at radius 2 is 0.905 bits per heavy atom. The van der Waals surface area contributed by atoms with Gasteiger partial charge in [0.25, 0.3) is 0 Å². The lowest BCUT2D eigenvalue weighted by atomic mass is 9.84. The van der Waals surface area contributed by atoms with Crippen molar-refractivity contribution in [1.82, 2.24) is 0 Å². The Kier molecular flexibility index (Phi) is 9.86. The lowest BCUT2D eigenvalue weighted by Crippen LogP contribution is -2.41. The van der Waals surface area contributed by atoms with Crippen molar-refractivity contribution in [2.24, 2.45) is 11.5 Å². The summed E-state index contributed by atoms with van der Waals surface area (Å²) in [5.74, 6) is -1.62. The molecule has 0 spiro atoms. The molecule has 0 amide bonds. The maximum atomic E-state index is 13.2. The molecule has 6 nitrogen and oxygen atoms in total. The van der Waals surface area contributed by atoms with Crippen molar-refractivity contribution in [2.75, 3.05) is 0 Å². The largest absolute Gasteiger partial charge is 0.449 e. The first kappa shape index (κ1) is 31.0. The molecular weight excluding hydrogens is 571 g/mol. The predicted octanol–water partition coefficient (Wildman–Crippen LogP) is 7.17. The van der Waals surface area contributed by atoms with Crippen LogP contribution in [0.15, 0.2) is 121 Å². The van der Waals surface area contributed by atoms with Crippen LogP contribution in [0.3, 0.4) is 0 Å². The van der Waals surface area contributed by atoms with Gasteiger partial charge in [-0.15, -0.1) is 0 Å². The van der Waals surface area contributed by atoms with Gasteiger partial charge in [-0.1, -0.05) is 120 Å². The average molecular weight is 604 g/mol. The van der Waals surface area contributed by atoms with Gasteiger partial charge in [-0.2, -0.15) is 0 Å². The van der Waals surface area contributed by atoms with Crippen LogP contribution in [-0.4, -0.2) is 11.9 Å². The highest BCUT2D eigenvalue weighted by Crippen LogP contribution is 2.42. The van der Waals surface area contributed by atoms with Gasteiger partial charge in [-0.3, -0.25) is 0 Å². The summed E-state index contributed by atoms with van der Waals surface area (Å²) in [6.07, 6.45) is 1.99. The van der Waals surface area contributed by atoms with Crippen LogP contribution in [0.4, 0.5) is 0 Å². The SMILES string of the molecule is CC(OC(=O)/C=C/C(=O)OC(C)(c1ccccc1Cl)C(N)c1ccccc1)(c1ccccc1Cl)C(N)c1ccccc1. The van der Waals surface area contributed by atoms with E-state index in [-0.39, 0.29) is 0 Å². The molecular formula is C34H32Cl2N2O4. The van der Waals surface area contributed by atoms with Crippen molar-refractivity contribution >= 4 is 35.1 Å². The Morgan fingerprint density at radius 1 is 0.595 bits per heavy atom. The number of halogens is 2. The molecule has 0 aliphatic heterocycles. The number of hydrogen-bond acceptors (Lipinski definition) is 6. The molecule has 4 atom stereocenters. The van der Waals surface area contributed by atoms with Crippen LogP contribution in [0.25, 0.3) is 0 Å². The number of esters is 2. The first-order valence-corrected chi connectivity index (χ1v) is 14.1. The molecule has 0 aliphatic carbocycles. The molecule has 0 radical (unpaired) electrons. The molecule has 0 heterocycles. The number of carbonyl (C=O) groups is 2. The van der Waals surface area contributed by atoms with Gasteiger partial charge in [0.05, 0.1) is 12.1 Å². The van der Waals surface area contributed by atoms with Crippen molar-refractivity contribution < 1.29 is 19.1 Å². The minimum atomic E-state index is -1.37. The molecule has 0 aliphatic rings. The second-order valence-electron chi connectivity index (χ2n) is 10.1. The van der Waals surface area contributed by atoms with Gasteiger partial charge in [0, 0.05) is 33.3 Å². The molecule has 4 unspecified atom stereocenters. The number of hydrogen-bond donors (Lipinski definition) is 2. The average Bonchev–Trinajstić information content (AvgIpc) is 3.00. The van der Waals surface area contributed by atoms with Crippen molar-refractivity contribution in [2.45, 2.75) is 37.1 Å². The van der Waals surface area contributed by atoms with Gasteiger partial charge in [-0.05, 0) is 37.1 Å². The van der Waals surface area contributed by atoms with Crippen molar-refractivity contribution in [1.29, 1.82) is 0 Å². The van der Waals surface area contributed by atoms with Crippen molar-refractivity contribution in [3.8, 4) is 0 Å². The number of carbonyl (C=O) groups excluding carboxylic acids is 2. The van der Waals surface area contributed by atoms with E-state index in [1.54, 1.807) is 62.4 Å². The predicted molar refractivity (Wildman–Crippen MR) is 166 cm³/mol. The van der Waals surface area contributed by atoms with E-state index >= 15 is 0 Å². The number of benzene rings is 4. The zero-order chi connectivity index (χ0) is 30.3. The summed E-state index contributed by atoms with van der Waals surface area (Å²) in [4.78, 5) is 26.3. The summed E-state index contributed by atoms with van der Waals surface area (Å²) in [5, 5.41) is 0.765. The number of ether oxygens (including phenoxy) is 2. The monoisotopic (exact) mass is 602 g/mol. The smallest absolute Gasteiger partial charge is 0.331 e. The van der Waals surface area contributed by atoms with E-state index < -0.39 is 35.2 Å². The third-order valence-corrected chi connectivity index (χ3v) is 7.96. The fraction of sp³-hybridized carbons (Fsp3) is 0.176. The molecule has 0 aromatic heterocycles. The van der Waals surface area contributed by atoms with Crippen LogP contribution in [-0.2, 0) is 30.3 Å². The van der Waals surface area contributed by atoms with Gasteiger partial charge < -0.3 is 20.9 Å². The highest BCUT2D eigenvalue weighted by atomic mass is 35.5. The summed E-state index contributed by atoms with van der Waals surface area (Å²) in [6.45, 7) is 3.37. The summed E-state index contributed by atoms with van der Waals surface area (Å²) in [5.41, 5.74) is 13.1. The molecule has 0 fully saturated rings. The Balaban J connectivity index is 1.60. The highest BCUT2D eigenvalue weighted by Gasteiger charge is 2.41. The number of nitrogens with two attached hydrogens (primary N) is 2. The highest BCUT2D eigenvalue weighted by molar-refractivity contribution is 6.31. The van der Waals surface area contributed by atoms with E-state index in [2.05, 4.69) is 0 Å². The molecule has 216 valence electrons. The van der Waals surface area contributed by atoms with Crippen molar-refractivity contribution in [3.05, 3.63) is 154 Å². The lowest BCUT2D eigenvalue weighted by molar-refractivity contribution is -0.158. The van der Waals surface area contributed by atoms with E-state index in [4.69, 9.17) is 44.1 Å². The van der Waals surface area contributed by atoms with Crippen molar-refractivity contribution in [3.63, 3.8) is 0 Å². The van der Waals surface area contributed by atoms with Gasteiger partial charge in [0.2, 0.25) is 0 Å². The second kappa shape index (κ2) is 13.4. The van der Waals surface area contributed by atoms with E-state index in [0.717, 1.165) is 23.3 Å². The molecule has 8 heteroatoms. The summed E-state index contributed by atoms with van der Waals surface area (Å²) in [6, 6.07) is 30.9. The Labute approximate surface area is 255 Å². The Bertz CT molecular complexity index is 1450. The normalized spacial score (nSPS) is 15.7. The van der Waals surface area contributed by atoms with Crippen LogP contribution in [0.1, 0.15) is 48.2 Å². The maximum absolute atomic E-state index is 13.2. The van der Waals surface area contributed by atoms with Crippen LogP contribution in [0.5, 0.6) is 0 Å². The molecule has 0 saturated carbocycles. The van der Waals surface area contributed by atoms with E-state index in [1.807, 2.05) is 60.7 Å². The Morgan fingerprint density at radius 3 is 1.24 bits per heavy atom. The zero-order valence-electron chi connectivity index (χ0n) is 23.2. The van der Waals surface area contributed by atoms with Crippen LogP contribution in [0, 0.1) is 0 Å². The van der Waals surface area contributed by atoms with Crippen LogP contribution in [0.2, 0.25) is 10.0 Å². The van der Waals surface area contributed by atoms with Gasteiger partial charge >= 0.3 is 11.9 Å². The first-order chi connectivity index (χ1) is 20.1. The van der Waals surface area contributed by atoms with Crippen LogP contribution >= 0.6 is 23.2 Å². The molecule has 0 bridgehead atoms. The minimum Gasteiger partial charge on any atom is -0.449 e. The molecule has 4 aromatic rings. The molecule has 42 heavy (non-hydrogen) atoms. The summed E-state index contributed by atoms with van der Waals surface area (Å²) in [7, 11) is 0. The fourth-order valence-corrected chi connectivity index (χ4v) is 5.53. The second-order valence-corrected chi connectivity index (χ2v) is 10.9. The Hall–Kier alpha value is -3.94. The molecule has 4 N–H and O–H groups in total. The fourth-order valence-electron chi connectivity index (χ4n) is 4.88. The first-order valence-electron chi connectivity index (χ1n) is 13.3. The number of rotatable bonds is 10. The third kappa shape index (κ3) is 6.75. The van der Waals surface area contributed by atoms with E-state index in [1.165, 1.54) is 0 Å². The zero-order valence-corrected chi connectivity index (χ0v) is 24.8. The summed E-state index contributed by atoms with van der Waals surface area (Å²) >= 11 is 13.0. The van der Waals surface area contributed by atoms with Gasteiger partial charge in [0.15, 0.2) is 11.2 Å². The topological polar surface area (TPSA) is 105 Å². The van der Waals surface area contributed by atoms with E-state index in [0.29, 0.717) is 21.2 Å². The maximum Gasteiger partial charge on any atom is 0.331 e. The third-order valence-electron chi connectivity index (χ3n) is 7.30. The van der Waals surface area contributed by atoms with Gasteiger partial charge in [-0.25, -0.2) is 9.59 Å². The lowest BCUT2D eigenvalue weighted by Gasteiger charge is -2.36. The standard InChI is InChI=1S/C34H32Cl2N2O4/c1-33(25-17-9-11-19-27(25)35,31(37)23-13-5-3-6-14-23)41-29(39)21-22-30(40)42-34(2,26-18-10-12-20-28(26)36)32(38)24-15-7-4-8-16-24/h3-22,31-32H,37-38H2,1-2H3/b22-21+. The quantitative estimate of drug-likeness (QED) is 0.147. The van der Waals surface area contributed by atoms with Gasteiger partial charge in [0.1, 0.15) is 0 Å². The summed E-state index contributed by atoms with van der Waals surface area (Å²) < 4.78 is 11.9. The molecule has 4 rings (SSSR count). The van der Waals surface area contributed by atoms with Crippen LogP contribution < -0.4 is 11.5 Å². The molecule has 4 aromatic carbocycles.